The summed E-state index contributed by atoms with van der Waals surface area (Å²) in [5.41, 5.74) is -0.533. The quantitative estimate of drug-likeness (QED) is 0.820. The van der Waals surface area contributed by atoms with Crippen molar-refractivity contribution >= 4 is 5.97 Å². The normalized spacial score (nSPS) is 27.4. The highest BCUT2D eigenvalue weighted by molar-refractivity contribution is 5.81. The highest BCUT2D eigenvalue weighted by Gasteiger charge is 2.45. The third-order valence-electron chi connectivity index (χ3n) is 4.00. The zero-order valence-electron chi connectivity index (χ0n) is 11.3. The Morgan fingerprint density at radius 1 is 1.72 bits per heavy atom. The van der Waals surface area contributed by atoms with E-state index >= 15 is 0 Å². The number of esters is 1. The van der Waals surface area contributed by atoms with Crippen molar-refractivity contribution in [1.82, 2.24) is 14.9 Å². The molecule has 2 atom stereocenters. The van der Waals surface area contributed by atoms with Crippen molar-refractivity contribution in [1.29, 1.82) is 0 Å². The van der Waals surface area contributed by atoms with Gasteiger partial charge in [-0.25, -0.2) is 4.98 Å². The Kier molecular flexibility index (Phi) is 3.71. The number of imidazole rings is 1. The molecule has 0 aliphatic heterocycles. The molecule has 2 unspecified atom stereocenters. The molecule has 1 N–H and O–H groups in total. The van der Waals surface area contributed by atoms with E-state index < -0.39 is 5.54 Å². The van der Waals surface area contributed by atoms with Crippen LogP contribution in [0.3, 0.4) is 0 Å². The Hall–Kier alpha value is -1.36. The first-order chi connectivity index (χ1) is 8.66. The van der Waals surface area contributed by atoms with Gasteiger partial charge in [-0.3, -0.25) is 4.79 Å². The monoisotopic (exact) mass is 251 g/mol. The topological polar surface area (TPSA) is 56.2 Å². The average molecular weight is 251 g/mol. The van der Waals surface area contributed by atoms with Gasteiger partial charge in [0.1, 0.15) is 11.4 Å². The lowest BCUT2D eigenvalue weighted by Gasteiger charge is -2.26. The summed E-state index contributed by atoms with van der Waals surface area (Å²) in [6.07, 6.45) is 7.29. The third kappa shape index (κ3) is 2.03. The smallest absolute Gasteiger partial charge is 0.326 e. The van der Waals surface area contributed by atoms with Crippen molar-refractivity contribution in [2.45, 2.75) is 44.2 Å². The first kappa shape index (κ1) is 13.1. The maximum Gasteiger partial charge on any atom is 0.326 e. The summed E-state index contributed by atoms with van der Waals surface area (Å²) in [5.74, 6) is 0.919. The number of aromatic nitrogens is 2. The minimum absolute atomic E-state index is 0.161. The van der Waals surface area contributed by atoms with Crippen LogP contribution in [0.5, 0.6) is 0 Å². The fraction of sp³-hybridized carbons (Fsp3) is 0.692. The minimum atomic E-state index is -0.533. The van der Waals surface area contributed by atoms with Crippen LogP contribution in [-0.2, 0) is 16.0 Å². The molecule has 1 saturated carbocycles. The summed E-state index contributed by atoms with van der Waals surface area (Å²) in [6, 6.07) is 0.328. The number of rotatable bonds is 4. The van der Waals surface area contributed by atoms with Crippen molar-refractivity contribution in [2.24, 2.45) is 0 Å². The second-order valence-corrected chi connectivity index (χ2v) is 4.82. The Labute approximate surface area is 108 Å². The molecule has 0 amide bonds. The molecule has 18 heavy (non-hydrogen) atoms. The highest BCUT2D eigenvalue weighted by atomic mass is 16.5. The second-order valence-electron chi connectivity index (χ2n) is 4.82. The molecule has 0 saturated heterocycles. The largest absolute Gasteiger partial charge is 0.468 e. The average Bonchev–Trinajstić information content (AvgIpc) is 3.04. The van der Waals surface area contributed by atoms with Crippen molar-refractivity contribution in [3.05, 3.63) is 18.2 Å². The van der Waals surface area contributed by atoms with E-state index in [2.05, 4.69) is 21.8 Å². The van der Waals surface area contributed by atoms with Crippen LogP contribution in [0.15, 0.2) is 12.4 Å². The van der Waals surface area contributed by atoms with Gasteiger partial charge in [-0.2, -0.15) is 0 Å². The fourth-order valence-electron chi connectivity index (χ4n) is 2.92. The number of carbonyl (C=O) groups is 1. The number of methoxy groups -OCH3 is 1. The molecule has 100 valence electrons. The van der Waals surface area contributed by atoms with Gasteiger partial charge in [0, 0.05) is 24.9 Å². The van der Waals surface area contributed by atoms with E-state index in [4.69, 9.17) is 4.74 Å². The van der Waals surface area contributed by atoms with Crippen molar-refractivity contribution in [3.8, 4) is 0 Å². The lowest BCUT2D eigenvalue weighted by Crippen LogP contribution is -2.49. The molecule has 0 spiro atoms. The van der Waals surface area contributed by atoms with E-state index in [0.717, 1.165) is 31.5 Å². The van der Waals surface area contributed by atoms with Crippen molar-refractivity contribution < 1.29 is 9.53 Å². The maximum atomic E-state index is 11.9. The van der Waals surface area contributed by atoms with Gasteiger partial charge in [-0.05, 0) is 26.3 Å². The van der Waals surface area contributed by atoms with Crippen LogP contribution in [0.1, 0.15) is 38.1 Å². The molecule has 1 aromatic heterocycles. The fourth-order valence-corrected chi connectivity index (χ4v) is 2.92. The van der Waals surface area contributed by atoms with Gasteiger partial charge in [0.15, 0.2) is 0 Å². The zero-order valence-corrected chi connectivity index (χ0v) is 11.3. The van der Waals surface area contributed by atoms with E-state index in [-0.39, 0.29) is 5.97 Å². The van der Waals surface area contributed by atoms with Gasteiger partial charge in [0.05, 0.1) is 7.11 Å². The summed E-state index contributed by atoms with van der Waals surface area (Å²) in [4.78, 5) is 16.3. The lowest BCUT2D eigenvalue weighted by atomic mass is 9.98. The number of nitrogens with zero attached hydrogens (tertiary/aromatic N) is 2. The number of carbonyl (C=O) groups excluding carboxylic acids is 1. The summed E-state index contributed by atoms with van der Waals surface area (Å²) in [6.45, 7) is 2.10. The first-order valence-corrected chi connectivity index (χ1v) is 6.46. The van der Waals surface area contributed by atoms with E-state index in [1.54, 1.807) is 0 Å². The summed E-state index contributed by atoms with van der Waals surface area (Å²) >= 11 is 0. The lowest BCUT2D eigenvalue weighted by molar-refractivity contribution is -0.148. The Morgan fingerprint density at radius 3 is 3.11 bits per heavy atom. The Bertz CT molecular complexity index is 430. The van der Waals surface area contributed by atoms with Gasteiger partial charge in [0.2, 0.25) is 0 Å². The number of likely N-dealkylation sites (N-methyl/N-ethyl adjacent to an activating group) is 1. The summed E-state index contributed by atoms with van der Waals surface area (Å²) in [5, 5.41) is 3.15. The Morgan fingerprint density at radius 2 is 2.50 bits per heavy atom. The SMILES string of the molecule is CCc1nccn1C1CCC(NC)(C(=O)OC)C1. The van der Waals surface area contributed by atoms with Gasteiger partial charge in [-0.15, -0.1) is 0 Å². The standard InChI is InChI=1S/C13H21N3O2/c1-4-11-15-7-8-16(11)10-5-6-13(9-10,14-2)12(17)18-3/h7-8,10,14H,4-6,9H2,1-3H3. The van der Waals surface area contributed by atoms with Crippen LogP contribution in [0.25, 0.3) is 0 Å². The van der Waals surface area contributed by atoms with Crippen LogP contribution in [0, 0.1) is 0 Å². The van der Waals surface area contributed by atoms with Crippen molar-refractivity contribution in [3.63, 3.8) is 0 Å². The van der Waals surface area contributed by atoms with Gasteiger partial charge in [0.25, 0.3) is 0 Å². The molecule has 1 heterocycles. The number of nitrogens with one attached hydrogen (secondary N) is 1. The van der Waals surface area contributed by atoms with Crippen LogP contribution in [-0.4, -0.2) is 35.2 Å². The molecular weight excluding hydrogens is 230 g/mol. The molecule has 0 radical (unpaired) electrons. The molecule has 2 rings (SSSR count). The summed E-state index contributed by atoms with van der Waals surface area (Å²) in [7, 11) is 3.28. The molecule has 1 aromatic rings. The zero-order chi connectivity index (χ0) is 13.2. The molecule has 0 aromatic carbocycles. The highest BCUT2D eigenvalue weighted by Crippen LogP contribution is 2.38. The molecule has 5 nitrogen and oxygen atoms in total. The predicted molar refractivity (Wildman–Crippen MR) is 68.3 cm³/mol. The van der Waals surface area contributed by atoms with Crippen LogP contribution in [0.4, 0.5) is 0 Å². The first-order valence-electron chi connectivity index (χ1n) is 6.46. The maximum absolute atomic E-state index is 11.9. The van der Waals surface area contributed by atoms with E-state index in [1.165, 1.54) is 7.11 Å². The van der Waals surface area contributed by atoms with Gasteiger partial charge < -0.3 is 14.6 Å². The van der Waals surface area contributed by atoms with E-state index in [0.29, 0.717) is 6.04 Å². The molecule has 0 bridgehead atoms. The Balaban J connectivity index is 2.19. The minimum Gasteiger partial charge on any atom is -0.468 e. The molecular formula is C13H21N3O2. The van der Waals surface area contributed by atoms with Crippen LogP contribution >= 0.6 is 0 Å². The van der Waals surface area contributed by atoms with E-state index in [1.807, 2.05) is 19.4 Å². The van der Waals surface area contributed by atoms with Crippen LogP contribution < -0.4 is 5.32 Å². The van der Waals surface area contributed by atoms with Gasteiger partial charge >= 0.3 is 5.97 Å². The van der Waals surface area contributed by atoms with Gasteiger partial charge in [-0.1, -0.05) is 6.92 Å². The number of hydrogen-bond acceptors (Lipinski definition) is 4. The molecule has 1 aliphatic carbocycles. The molecule has 1 fully saturated rings. The third-order valence-corrected chi connectivity index (χ3v) is 4.00. The van der Waals surface area contributed by atoms with Crippen molar-refractivity contribution in [2.75, 3.05) is 14.2 Å². The van der Waals surface area contributed by atoms with E-state index in [9.17, 15) is 4.79 Å². The number of aryl methyl sites for hydroxylation is 1. The molecule has 5 heteroatoms. The second kappa shape index (κ2) is 5.10. The van der Waals surface area contributed by atoms with Crippen LogP contribution in [0.2, 0.25) is 0 Å². The molecule has 1 aliphatic rings. The number of hydrogen-bond donors (Lipinski definition) is 1. The number of ether oxygens (including phenoxy) is 1. The summed E-state index contributed by atoms with van der Waals surface area (Å²) < 4.78 is 7.12. The predicted octanol–water partition coefficient (Wildman–Crippen LogP) is 1.30.